The van der Waals surface area contributed by atoms with E-state index in [0.29, 0.717) is 0 Å². The van der Waals surface area contributed by atoms with Crippen molar-refractivity contribution in [2.45, 2.75) is 12.5 Å². The number of allylic oxidation sites excluding steroid dienone is 1. The highest BCUT2D eigenvalue weighted by molar-refractivity contribution is 5.95. The number of nitrogens with zero attached hydrogens (tertiary/aromatic N) is 1. The highest BCUT2D eigenvalue weighted by Gasteiger charge is 2.41. The Morgan fingerprint density at radius 3 is 2.61 bits per heavy atom. The van der Waals surface area contributed by atoms with E-state index in [-0.39, 0.29) is 24.2 Å². The van der Waals surface area contributed by atoms with Crippen LogP contribution in [0.4, 0.5) is 13.6 Å². The van der Waals surface area contributed by atoms with Gasteiger partial charge in [0.2, 0.25) is 5.91 Å². The molecule has 28 heavy (non-hydrogen) atoms. The molecule has 0 spiro atoms. The molecule has 1 heterocycles. The summed E-state index contributed by atoms with van der Waals surface area (Å²) in [6.45, 7) is 3.20. The molecule has 0 bridgehead atoms. The third-order valence-corrected chi connectivity index (χ3v) is 4.67. The van der Waals surface area contributed by atoms with E-state index in [1.54, 1.807) is 24.3 Å². The summed E-state index contributed by atoms with van der Waals surface area (Å²) in [7, 11) is 0. The quantitative estimate of drug-likeness (QED) is 0.821. The second-order valence-corrected chi connectivity index (χ2v) is 6.52. The normalized spacial score (nSPS) is 17.3. The number of hydrogen-bond acceptors (Lipinski definition) is 4. The van der Waals surface area contributed by atoms with Gasteiger partial charge in [-0.05, 0) is 29.7 Å². The number of cyclic esters (lactones) is 1. The van der Waals surface area contributed by atoms with Crippen LogP contribution in [-0.4, -0.2) is 35.2 Å². The molecular formula is C21H19F2NO4. The van der Waals surface area contributed by atoms with Crippen LogP contribution in [0.3, 0.4) is 0 Å². The summed E-state index contributed by atoms with van der Waals surface area (Å²) < 4.78 is 32.1. The molecule has 1 aliphatic heterocycles. The fourth-order valence-electron chi connectivity index (χ4n) is 3.20. The number of hydrogen-bond donors (Lipinski definition) is 1. The van der Waals surface area contributed by atoms with Crippen molar-refractivity contribution in [2.75, 3.05) is 13.2 Å². The maximum atomic E-state index is 14.0. The Labute approximate surface area is 160 Å². The second-order valence-electron chi connectivity index (χ2n) is 6.52. The molecule has 2 aromatic carbocycles. The third-order valence-electron chi connectivity index (χ3n) is 4.67. The lowest BCUT2D eigenvalue weighted by Gasteiger charge is -2.24. The summed E-state index contributed by atoms with van der Waals surface area (Å²) >= 11 is 0. The van der Waals surface area contributed by atoms with E-state index in [0.717, 1.165) is 22.6 Å². The predicted molar refractivity (Wildman–Crippen MR) is 98.0 cm³/mol. The summed E-state index contributed by atoms with van der Waals surface area (Å²) in [6, 6.07) is 11.3. The Bertz CT molecular complexity index is 901. The van der Waals surface area contributed by atoms with Crippen molar-refractivity contribution in [2.24, 2.45) is 5.92 Å². The number of carbonyl (C=O) groups is 2. The zero-order valence-corrected chi connectivity index (χ0v) is 15.0. The highest BCUT2D eigenvalue weighted by atomic mass is 19.1. The number of imide groups is 1. The van der Waals surface area contributed by atoms with Gasteiger partial charge < -0.3 is 9.84 Å². The van der Waals surface area contributed by atoms with Gasteiger partial charge in [0.25, 0.3) is 0 Å². The molecule has 2 aromatic rings. The Kier molecular flexibility index (Phi) is 5.84. The van der Waals surface area contributed by atoms with Crippen molar-refractivity contribution < 1.29 is 28.2 Å². The molecule has 3 rings (SSSR count). The molecular weight excluding hydrogens is 368 g/mol. The molecule has 0 aliphatic carbocycles. The molecule has 7 heteroatoms. The number of halogens is 2. The smallest absolute Gasteiger partial charge is 0.417 e. The van der Waals surface area contributed by atoms with Crippen LogP contribution >= 0.6 is 0 Å². The highest BCUT2D eigenvalue weighted by Crippen LogP contribution is 2.32. The lowest BCUT2D eigenvalue weighted by atomic mass is 9.93. The van der Waals surface area contributed by atoms with E-state index in [1.165, 1.54) is 6.07 Å². The van der Waals surface area contributed by atoms with Crippen molar-refractivity contribution in [3.63, 3.8) is 0 Å². The first-order chi connectivity index (χ1) is 13.4. The van der Waals surface area contributed by atoms with Crippen LogP contribution in [0.2, 0.25) is 0 Å². The number of carbonyl (C=O) groups excluding carboxylic acids is 2. The van der Waals surface area contributed by atoms with E-state index in [9.17, 15) is 23.5 Å². The van der Waals surface area contributed by atoms with Crippen molar-refractivity contribution in [3.8, 4) is 0 Å². The maximum Gasteiger partial charge on any atom is 0.417 e. The average molecular weight is 387 g/mol. The standard InChI is InChI=1S/C21H19F2NO4/c1-13(17-8-7-16(22)10-18(17)23)9-15(11-25)20(26)24-19(12-28-21(24)27)14-5-3-2-4-6-14/h2-8,10,15,19,25H,1,9,11-12H2/t15?,19-/m1/s1. The van der Waals surface area contributed by atoms with Crippen LogP contribution < -0.4 is 0 Å². The molecule has 0 radical (unpaired) electrons. The largest absolute Gasteiger partial charge is 0.446 e. The van der Waals surface area contributed by atoms with Crippen molar-refractivity contribution in [1.82, 2.24) is 4.90 Å². The Balaban J connectivity index is 1.80. The van der Waals surface area contributed by atoms with Gasteiger partial charge in [-0.15, -0.1) is 0 Å². The van der Waals surface area contributed by atoms with Crippen LogP contribution in [0.1, 0.15) is 23.6 Å². The number of rotatable bonds is 6. The zero-order chi connectivity index (χ0) is 20.3. The summed E-state index contributed by atoms with van der Waals surface area (Å²) in [4.78, 5) is 26.1. The van der Waals surface area contributed by atoms with Crippen LogP contribution in [0.5, 0.6) is 0 Å². The molecule has 0 aromatic heterocycles. The van der Waals surface area contributed by atoms with Gasteiger partial charge in [-0.25, -0.2) is 18.5 Å². The molecule has 1 fully saturated rings. The molecule has 1 aliphatic rings. The molecule has 2 amide bonds. The Morgan fingerprint density at radius 1 is 1.25 bits per heavy atom. The van der Waals surface area contributed by atoms with E-state index in [2.05, 4.69) is 6.58 Å². The molecule has 5 nitrogen and oxygen atoms in total. The van der Waals surface area contributed by atoms with Gasteiger partial charge in [-0.2, -0.15) is 0 Å². The second kappa shape index (κ2) is 8.31. The van der Waals surface area contributed by atoms with Gasteiger partial charge in [-0.1, -0.05) is 36.9 Å². The van der Waals surface area contributed by atoms with Gasteiger partial charge in [-0.3, -0.25) is 4.79 Å². The van der Waals surface area contributed by atoms with Crippen molar-refractivity contribution >= 4 is 17.6 Å². The first kappa shape index (κ1) is 19.7. The van der Waals surface area contributed by atoms with Gasteiger partial charge >= 0.3 is 6.09 Å². The summed E-state index contributed by atoms with van der Waals surface area (Å²) in [5.41, 5.74) is 0.992. The zero-order valence-electron chi connectivity index (χ0n) is 15.0. The molecule has 2 atom stereocenters. The number of benzene rings is 2. The van der Waals surface area contributed by atoms with Crippen LogP contribution in [0.25, 0.3) is 5.57 Å². The molecule has 146 valence electrons. The van der Waals surface area contributed by atoms with Gasteiger partial charge in [0.05, 0.1) is 12.5 Å². The number of aliphatic hydroxyl groups excluding tert-OH is 1. The SMILES string of the molecule is C=C(CC(CO)C(=O)N1C(=O)OC[C@@H]1c1ccccc1)c1ccc(F)cc1F. The minimum Gasteiger partial charge on any atom is -0.446 e. The van der Waals surface area contributed by atoms with E-state index >= 15 is 0 Å². The Morgan fingerprint density at radius 2 is 1.96 bits per heavy atom. The summed E-state index contributed by atoms with van der Waals surface area (Å²) in [5.74, 6) is -3.19. The summed E-state index contributed by atoms with van der Waals surface area (Å²) in [5, 5.41) is 9.71. The minimum absolute atomic E-state index is 0.0142. The van der Waals surface area contributed by atoms with Crippen LogP contribution in [0, 0.1) is 17.6 Å². The van der Waals surface area contributed by atoms with Gasteiger partial charge in [0.15, 0.2) is 0 Å². The van der Waals surface area contributed by atoms with E-state index < -0.39 is 42.2 Å². The van der Waals surface area contributed by atoms with Crippen LogP contribution in [0.15, 0.2) is 55.1 Å². The lowest BCUT2D eigenvalue weighted by molar-refractivity contribution is -0.134. The Hall–Kier alpha value is -3.06. The fraction of sp³-hybridized carbons (Fsp3) is 0.238. The third kappa shape index (κ3) is 3.94. The van der Waals surface area contributed by atoms with Gasteiger partial charge in [0, 0.05) is 11.6 Å². The number of amides is 2. The minimum atomic E-state index is -1.02. The molecule has 1 saturated heterocycles. The topological polar surface area (TPSA) is 66.8 Å². The average Bonchev–Trinajstić information content (AvgIpc) is 3.07. The van der Waals surface area contributed by atoms with E-state index in [4.69, 9.17) is 4.74 Å². The van der Waals surface area contributed by atoms with Gasteiger partial charge in [0.1, 0.15) is 24.3 Å². The summed E-state index contributed by atoms with van der Waals surface area (Å²) in [6.07, 6.45) is -0.890. The van der Waals surface area contributed by atoms with Crippen LogP contribution in [-0.2, 0) is 9.53 Å². The first-order valence-electron chi connectivity index (χ1n) is 8.71. The molecule has 0 saturated carbocycles. The number of aliphatic hydroxyl groups is 1. The molecule has 1 unspecified atom stereocenters. The monoisotopic (exact) mass is 387 g/mol. The maximum absolute atomic E-state index is 14.0. The fourth-order valence-corrected chi connectivity index (χ4v) is 3.20. The molecule has 1 N–H and O–H groups in total. The van der Waals surface area contributed by atoms with E-state index in [1.807, 2.05) is 6.07 Å². The lowest BCUT2D eigenvalue weighted by Crippen LogP contribution is -2.40. The predicted octanol–water partition coefficient (Wildman–Crippen LogP) is 3.70. The van der Waals surface area contributed by atoms with Crippen molar-refractivity contribution in [1.29, 1.82) is 0 Å². The van der Waals surface area contributed by atoms with Crippen molar-refractivity contribution in [3.05, 3.63) is 77.9 Å². The first-order valence-corrected chi connectivity index (χ1v) is 8.71. The number of ether oxygens (including phenoxy) is 1.